The van der Waals surface area contributed by atoms with Crippen molar-refractivity contribution in [3.8, 4) is 11.8 Å². The van der Waals surface area contributed by atoms with Crippen molar-refractivity contribution in [2.45, 2.75) is 39.0 Å². The summed E-state index contributed by atoms with van der Waals surface area (Å²) >= 11 is 0. The number of nitriles is 1. The first-order valence-corrected chi connectivity index (χ1v) is 10.5. The van der Waals surface area contributed by atoms with Gasteiger partial charge in [0.1, 0.15) is 17.6 Å². The molecule has 0 atom stereocenters. The third kappa shape index (κ3) is 5.50. The first-order chi connectivity index (χ1) is 14.4. The number of aromatic nitrogens is 1. The molecule has 1 aliphatic rings. The Kier molecular flexibility index (Phi) is 6.94. The zero-order valence-electron chi connectivity index (χ0n) is 18.1. The molecule has 6 nitrogen and oxygen atoms in total. The van der Waals surface area contributed by atoms with Gasteiger partial charge in [-0.3, -0.25) is 4.79 Å². The maximum absolute atomic E-state index is 12.5. The number of piperazine rings is 1. The molecule has 0 spiro atoms. The number of carbonyl (C=O) groups excluding carboxylic acids is 1. The molecule has 6 heteroatoms. The van der Waals surface area contributed by atoms with E-state index in [1.165, 1.54) is 5.56 Å². The van der Waals surface area contributed by atoms with Crippen LogP contribution in [0, 0.1) is 11.3 Å². The van der Waals surface area contributed by atoms with Crippen LogP contribution < -0.4 is 9.64 Å². The molecule has 0 unspecified atom stereocenters. The van der Waals surface area contributed by atoms with Gasteiger partial charge < -0.3 is 14.5 Å². The second-order valence-corrected chi connectivity index (χ2v) is 8.58. The predicted octanol–water partition coefficient (Wildman–Crippen LogP) is 3.76. The van der Waals surface area contributed by atoms with E-state index in [9.17, 15) is 10.1 Å². The molecule has 3 rings (SSSR count). The minimum atomic E-state index is 0.127. The molecular formula is C24H30N4O2. The molecule has 0 bridgehead atoms. The number of nitrogens with zero attached hydrogens (tertiary/aromatic N) is 4. The summed E-state index contributed by atoms with van der Waals surface area (Å²) in [5.74, 6) is 1.70. The fraction of sp³-hybridized carbons (Fsp3) is 0.458. The van der Waals surface area contributed by atoms with Gasteiger partial charge in [-0.05, 0) is 41.7 Å². The van der Waals surface area contributed by atoms with E-state index < -0.39 is 0 Å². The van der Waals surface area contributed by atoms with Crippen LogP contribution in [0.5, 0.6) is 5.75 Å². The van der Waals surface area contributed by atoms with E-state index in [-0.39, 0.29) is 11.3 Å². The van der Waals surface area contributed by atoms with Gasteiger partial charge in [0, 0.05) is 38.8 Å². The second-order valence-electron chi connectivity index (χ2n) is 8.58. The Bertz CT molecular complexity index is 889. The number of amides is 1. The molecule has 1 saturated heterocycles. The van der Waals surface area contributed by atoms with Crippen molar-refractivity contribution in [3.05, 3.63) is 53.7 Å². The standard InChI is InChI=1S/C24H30N4O2/c1-24(2,3)20-8-10-21(11-9-20)30-17-5-7-22(29)27-13-15-28(16-14-27)23-19(18-25)6-4-12-26-23/h4,6,8-12H,5,7,13-17H2,1-3H3. The average Bonchev–Trinajstić information content (AvgIpc) is 2.76. The molecule has 0 radical (unpaired) electrons. The fourth-order valence-electron chi connectivity index (χ4n) is 3.53. The van der Waals surface area contributed by atoms with E-state index in [4.69, 9.17) is 4.74 Å². The van der Waals surface area contributed by atoms with Gasteiger partial charge in [0.15, 0.2) is 0 Å². The van der Waals surface area contributed by atoms with E-state index in [1.54, 1.807) is 18.3 Å². The Morgan fingerprint density at radius 2 is 1.83 bits per heavy atom. The summed E-state index contributed by atoms with van der Waals surface area (Å²) in [5.41, 5.74) is 1.98. The van der Waals surface area contributed by atoms with E-state index in [2.05, 4.69) is 48.9 Å². The van der Waals surface area contributed by atoms with Crippen LogP contribution in [0.1, 0.15) is 44.7 Å². The molecule has 158 valence electrons. The summed E-state index contributed by atoms with van der Waals surface area (Å²) in [5, 5.41) is 9.25. The van der Waals surface area contributed by atoms with Gasteiger partial charge in [-0.2, -0.15) is 5.26 Å². The number of carbonyl (C=O) groups is 1. The summed E-state index contributed by atoms with van der Waals surface area (Å²) < 4.78 is 5.79. The van der Waals surface area contributed by atoms with E-state index in [1.807, 2.05) is 17.0 Å². The molecule has 2 heterocycles. The summed E-state index contributed by atoms with van der Waals surface area (Å²) in [4.78, 5) is 20.8. The lowest BCUT2D eigenvalue weighted by atomic mass is 9.87. The van der Waals surface area contributed by atoms with Crippen LogP contribution in [0.3, 0.4) is 0 Å². The first-order valence-electron chi connectivity index (χ1n) is 10.5. The number of rotatable bonds is 6. The molecule has 1 aromatic carbocycles. The van der Waals surface area contributed by atoms with Crippen LogP contribution in [-0.2, 0) is 10.2 Å². The van der Waals surface area contributed by atoms with Crippen molar-refractivity contribution in [1.82, 2.24) is 9.88 Å². The van der Waals surface area contributed by atoms with Crippen LogP contribution in [0.4, 0.5) is 5.82 Å². The number of anilines is 1. The van der Waals surface area contributed by atoms with E-state index in [0.717, 1.165) is 5.75 Å². The molecular weight excluding hydrogens is 376 g/mol. The highest BCUT2D eigenvalue weighted by atomic mass is 16.5. The zero-order chi connectivity index (χ0) is 21.6. The normalized spacial score (nSPS) is 14.3. The SMILES string of the molecule is CC(C)(C)c1ccc(OCCCC(=O)N2CCN(c3ncccc3C#N)CC2)cc1. The van der Waals surface area contributed by atoms with Crippen LogP contribution >= 0.6 is 0 Å². The molecule has 0 saturated carbocycles. The summed E-state index contributed by atoms with van der Waals surface area (Å²) in [7, 11) is 0. The monoisotopic (exact) mass is 406 g/mol. The van der Waals surface area contributed by atoms with Gasteiger partial charge in [-0.1, -0.05) is 32.9 Å². The third-order valence-electron chi connectivity index (χ3n) is 5.36. The fourth-order valence-corrected chi connectivity index (χ4v) is 3.53. The summed E-state index contributed by atoms with van der Waals surface area (Å²) in [6.07, 6.45) is 2.87. The second kappa shape index (κ2) is 9.62. The van der Waals surface area contributed by atoms with Crippen molar-refractivity contribution in [2.75, 3.05) is 37.7 Å². The molecule has 1 aromatic heterocycles. The summed E-state index contributed by atoms with van der Waals surface area (Å²) in [6.45, 7) is 9.76. The molecule has 1 aliphatic heterocycles. The van der Waals surface area contributed by atoms with Crippen molar-refractivity contribution in [3.63, 3.8) is 0 Å². The lowest BCUT2D eigenvalue weighted by Gasteiger charge is -2.35. The average molecular weight is 407 g/mol. The van der Waals surface area contributed by atoms with Crippen LogP contribution in [0.2, 0.25) is 0 Å². The third-order valence-corrected chi connectivity index (χ3v) is 5.36. The highest BCUT2D eigenvalue weighted by molar-refractivity contribution is 5.76. The van der Waals surface area contributed by atoms with Gasteiger partial charge in [0.25, 0.3) is 0 Å². The molecule has 0 aliphatic carbocycles. The number of benzene rings is 1. The van der Waals surface area contributed by atoms with Crippen LogP contribution in [-0.4, -0.2) is 48.6 Å². The van der Waals surface area contributed by atoms with E-state index >= 15 is 0 Å². The van der Waals surface area contributed by atoms with Crippen molar-refractivity contribution >= 4 is 11.7 Å². The molecule has 0 N–H and O–H groups in total. The largest absolute Gasteiger partial charge is 0.494 e. The van der Waals surface area contributed by atoms with Crippen LogP contribution in [0.25, 0.3) is 0 Å². The first kappa shape index (κ1) is 21.6. The Morgan fingerprint density at radius 1 is 1.13 bits per heavy atom. The highest BCUT2D eigenvalue weighted by Gasteiger charge is 2.23. The Morgan fingerprint density at radius 3 is 2.47 bits per heavy atom. The number of hydrogen-bond donors (Lipinski definition) is 0. The van der Waals surface area contributed by atoms with Gasteiger partial charge in [-0.25, -0.2) is 4.98 Å². The molecule has 2 aromatic rings. The lowest BCUT2D eigenvalue weighted by molar-refractivity contribution is -0.131. The Hall–Kier alpha value is -3.07. The van der Waals surface area contributed by atoms with Gasteiger partial charge in [0.05, 0.1) is 12.2 Å². The smallest absolute Gasteiger partial charge is 0.222 e. The maximum atomic E-state index is 12.5. The molecule has 1 amide bonds. The van der Waals surface area contributed by atoms with Crippen molar-refractivity contribution < 1.29 is 9.53 Å². The topological polar surface area (TPSA) is 69.5 Å². The highest BCUT2D eigenvalue weighted by Crippen LogP contribution is 2.24. The quantitative estimate of drug-likeness (QED) is 0.683. The van der Waals surface area contributed by atoms with Gasteiger partial charge in [0.2, 0.25) is 5.91 Å². The molecule has 1 fully saturated rings. The maximum Gasteiger partial charge on any atom is 0.222 e. The summed E-state index contributed by atoms with van der Waals surface area (Å²) in [6, 6.07) is 13.9. The Balaban J connectivity index is 1.40. The van der Waals surface area contributed by atoms with E-state index in [0.29, 0.717) is 57.0 Å². The predicted molar refractivity (Wildman–Crippen MR) is 118 cm³/mol. The Labute approximate surface area is 179 Å². The number of ether oxygens (including phenoxy) is 1. The van der Waals surface area contributed by atoms with Gasteiger partial charge >= 0.3 is 0 Å². The van der Waals surface area contributed by atoms with Crippen LogP contribution in [0.15, 0.2) is 42.6 Å². The van der Waals surface area contributed by atoms with Crippen molar-refractivity contribution in [2.24, 2.45) is 0 Å². The number of pyridine rings is 1. The zero-order valence-corrected chi connectivity index (χ0v) is 18.1. The molecule has 30 heavy (non-hydrogen) atoms. The minimum absolute atomic E-state index is 0.127. The van der Waals surface area contributed by atoms with Gasteiger partial charge in [-0.15, -0.1) is 0 Å². The lowest BCUT2D eigenvalue weighted by Crippen LogP contribution is -2.49. The minimum Gasteiger partial charge on any atom is -0.494 e. The van der Waals surface area contributed by atoms with Crippen molar-refractivity contribution in [1.29, 1.82) is 5.26 Å². The number of hydrogen-bond acceptors (Lipinski definition) is 5.